The summed E-state index contributed by atoms with van der Waals surface area (Å²) in [6.07, 6.45) is 0. The van der Waals surface area contributed by atoms with Crippen molar-refractivity contribution in [3.8, 4) is 0 Å². The summed E-state index contributed by atoms with van der Waals surface area (Å²) in [5.74, 6) is 0. The molecule has 0 aliphatic carbocycles. The van der Waals surface area contributed by atoms with Crippen LogP contribution in [0.2, 0.25) is 0 Å². The van der Waals surface area contributed by atoms with Crippen molar-refractivity contribution < 1.29 is 17.8 Å². The van der Waals surface area contributed by atoms with E-state index in [1.807, 2.05) is 0 Å². The Balaban J connectivity index is 0. The zero-order valence-corrected chi connectivity index (χ0v) is 11.0. The molecule has 0 heterocycles. The van der Waals surface area contributed by atoms with Gasteiger partial charge in [0.2, 0.25) is 6.89 Å². The Morgan fingerprint density at radius 1 is 1.00 bits per heavy atom. The first-order chi connectivity index (χ1) is 6.24. The molecule has 0 saturated carbocycles. The van der Waals surface area contributed by atoms with Crippen LogP contribution in [0.1, 0.15) is 27.7 Å². The third kappa shape index (κ3) is 10.5. The van der Waals surface area contributed by atoms with Gasteiger partial charge in [0.25, 0.3) is 0 Å². The molecule has 0 aromatic heterocycles. The molecule has 0 radical (unpaired) electrons. The van der Waals surface area contributed by atoms with Crippen LogP contribution in [0.25, 0.3) is 0 Å². The van der Waals surface area contributed by atoms with E-state index in [1.54, 1.807) is 0 Å². The molecule has 0 rings (SSSR count). The molecule has 0 bridgehead atoms. The van der Waals surface area contributed by atoms with Crippen LogP contribution in [0.15, 0.2) is 0 Å². The molecule has 0 aliphatic rings. The smallest absolute Gasteiger partial charge is 0.210 e. The van der Waals surface area contributed by atoms with E-state index in [2.05, 4.69) is 39.5 Å². The van der Waals surface area contributed by atoms with Crippen LogP contribution in [-0.4, -0.2) is 30.7 Å². The molecular weight excluding hydrogens is 227 g/mol. The van der Waals surface area contributed by atoms with Crippen LogP contribution < -0.4 is 4.89 Å². The Hall–Kier alpha value is 0.430. The van der Waals surface area contributed by atoms with Gasteiger partial charge in [-0.05, 0) is 39.5 Å². The summed E-state index contributed by atoms with van der Waals surface area (Å²) in [7, 11) is 0. The third-order valence-electron chi connectivity index (χ3n) is 2.68. The minimum atomic E-state index is -5.06. The van der Waals surface area contributed by atoms with Gasteiger partial charge in [-0.3, -0.25) is 0 Å². The molecule has 0 fully saturated rings. The van der Waals surface area contributed by atoms with Gasteiger partial charge in [0.1, 0.15) is 0 Å². The van der Waals surface area contributed by atoms with Gasteiger partial charge in [-0.1, -0.05) is 0 Å². The standard InChI is InChI=1S/C8H20N.F2HOPS/c1-5-9(6-2,7-3)8-4;1-4(2,3)5/h5-8H2,1-4H3;(H,3,5)/q+1;/p-1. The maximum Gasteiger partial charge on any atom is 0.210 e. The molecule has 0 spiro atoms. The van der Waals surface area contributed by atoms with E-state index in [-0.39, 0.29) is 0 Å². The predicted molar refractivity (Wildman–Crippen MR) is 58.9 cm³/mol. The number of quaternary nitrogens is 1. The summed E-state index contributed by atoms with van der Waals surface area (Å²) in [5.41, 5.74) is 0. The Labute approximate surface area is 90.8 Å². The summed E-state index contributed by atoms with van der Waals surface area (Å²) < 4.78 is 22.1. The zero-order chi connectivity index (χ0) is 11.8. The van der Waals surface area contributed by atoms with Gasteiger partial charge in [-0.2, -0.15) is 8.39 Å². The van der Waals surface area contributed by atoms with Crippen LogP contribution in [0, 0.1) is 0 Å². The maximum absolute atomic E-state index is 10.4. The van der Waals surface area contributed by atoms with Crippen LogP contribution in [0.5, 0.6) is 0 Å². The van der Waals surface area contributed by atoms with Crippen molar-refractivity contribution in [2.24, 2.45) is 0 Å². The highest BCUT2D eigenvalue weighted by molar-refractivity contribution is 8.06. The lowest BCUT2D eigenvalue weighted by Crippen LogP contribution is -2.47. The lowest BCUT2D eigenvalue weighted by Gasteiger charge is -2.34. The molecule has 0 unspecified atom stereocenters. The van der Waals surface area contributed by atoms with Crippen LogP contribution >= 0.6 is 6.89 Å². The first-order valence-electron chi connectivity index (χ1n) is 4.80. The van der Waals surface area contributed by atoms with Crippen molar-refractivity contribution >= 4 is 18.7 Å². The summed E-state index contributed by atoms with van der Waals surface area (Å²) in [6.45, 7) is 9.17. The minimum absolute atomic E-state index is 1.28. The SMILES string of the molecule is CC[N+](CC)(CC)CC.[O-]P(F)(F)=S. The second-order valence-electron chi connectivity index (χ2n) is 3.02. The fraction of sp³-hybridized carbons (Fsp3) is 1.00. The molecule has 0 atom stereocenters. The Kier molecular flexibility index (Phi) is 9.25. The zero-order valence-electron chi connectivity index (χ0n) is 9.30. The van der Waals surface area contributed by atoms with Crippen LogP contribution in [0.4, 0.5) is 8.39 Å². The molecule has 2 nitrogen and oxygen atoms in total. The number of rotatable bonds is 4. The van der Waals surface area contributed by atoms with E-state index in [4.69, 9.17) is 4.89 Å². The highest BCUT2D eigenvalue weighted by Crippen LogP contribution is 2.38. The van der Waals surface area contributed by atoms with Crippen molar-refractivity contribution in [1.82, 2.24) is 0 Å². The van der Waals surface area contributed by atoms with E-state index < -0.39 is 6.89 Å². The quantitative estimate of drug-likeness (QED) is 0.562. The van der Waals surface area contributed by atoms with Crippen molar-refractivity contribution in [3.63, 3.8) is 0 Å². The summed E-state index contributed by atoms with van der Waals surface area (Å²) in [5, 5.41) is 0. The number of halogens is 2. The molecular formula is C8H20F2NOPS. The maximum atomic E-state index is 10.4. The fourth-order valence-electron chi connectivity index (χ4n) is 1.34. The molecule has 0 saturated heterocycles. The number of hydrogen-bond donors (Lipinski definition) is 0. The first kappa shape index (κ1) is 16.8. The van der Waals surface area contributed by atoms with Crippen molar-refractivity contribution in [3.05, 3.63) is 0 Å². The second-order valence-corrected chi connectivity index (χ2v) is 5.13. The molecule has 0 N–H and O–H groups in total. The Morgan fingerprint density at radius 2 is 1.14 bits per heavy atom. The minimum Gasteiger partial charge on any atom is -0.772 e. The molecule has 0 aliphatic heterocycles. The van der Waals surface area contributed by atoms with Gasteiger partial charge in [0.15, 0.2) is 0 Å². The summed E-state index contributed by atoms with van der Waals surface area (Å²) in [4.78, 5) is 8.70. The largest absolute Gasteiger partial charge is 0.772 e. The lowest BCUT2D eigenvalue weighted by molar-refractivity contribution is -0.921. The van der Waals surface area contributed by atoms with Gasteiger partial charge < -0.3 is 9.38 Å². The predicted octanol–water partition coefficient (Wildman–Crippen LogP) is 2.39. The lowest BCUT2D eigenvalue weighted by atomic mass is 10.3. The van der Waals surface area contributed by atoms with Gasteiger partial charge in [0, 0.05) is 0 Å². The van der Waals surface area contributed by atoms with E-state index in [1.165, 1.54) is 30.7 Å². The summed E-state index contributed by atoms with van der Waals surface area (Å²) in [6, 6.07) is 0. The van der Waals surface area contributed by atoms with Gasteiger partial charge in [-0.15, -0.1) is 0 Å². The third-order valence-corrected chi connectivity index (χ3v) is 2.68. The van der Waals surface area contributed by atoms with Crippen molar-refractivity contribution in [2.75, 3.05) is 26.2 Å². The van der Waals surface area contributed by atoms with E-state index in [0.717, 1.165) is 0 Å². The highest BCUT2D eigenvalue weighted by atomic mass is 32.5. The Morgan fingerprint density at radius 3 is 1.14 bits per heavy atom. The first-order valence-corrected chi connectivity index (χ1v) is 7.30. The van der Waals surface area contributed by atoms with Gasteiger partial charge in [0.05, 0.1) is 26.2 Å². The second kappa shape index (κ2) is 7.69. The van der Waals surface area contributed by atoms with Gasteiger partial charge in [-0.25, -0.2) is 0 Å². The molecule has 0 amide bonds. The van der Waals surface area contributed by atoms with Gasteiger partial charge >= 0.3 is 0 Å². The molecule has 0 aromatic carbocycles. The topological polar surface area (TPSA) is 23.1 Å². The van der Waals surface area contributed by atoms with Crippen LogP contribution in [0.3, 0.4) is 0 Å². The molecule has 88 valence electrons. The van der Waals surface area contributed by atoms with Crippen molar-refractivity contribution in [2.45, 2.75) is 27.7 Å². The Bertz CT molecular complexity index is 156. The average molecular weight is 247 g/mol. The molecule has 0 aromatic rings. The fourth-order valence-corrected chi connectivity index (χ4v) is 1.34. The number of nitrogens with zero attached hydrogens (tertiary/aromatic N) is 1. The van der Waals surface area contributed by atoms with Crippen LogP contribution in [-0.2, 0) is 11.8 Å². The number of hydrogen-bond acceptors (Lipinski definition) is 2. The van der Waals surface area contributed by atoms with Crippen molar-refractivity contribution in [1.29, 1.82) is 0 Å². The molecule has 6 heteroatoms. The van der Waals surface area contributed by atoms with E-state index in [9.17, 15) is 8.39 Å². The average Bonchev–Trinajstić information content (AvgIpc) is 2.07. The monoisotopic (exact) mass is 247 g/mol. The van der Waals surface area contributed by atoms with E-state index in [0.29, 0.717) is 0 Å². The summed E-state index contributed by atoms with van der Waals surface area (Å²) >= 11 is 3.05. The highest BCUT2D eigenvalue weighted by Gasteiger charge is 2.16. The normalized spacial score (nSPS) is 11.9. The van der Waals surface area contributed by atoms with E-state index >= 15 is 0 Å². The molecule has 14 heavy (non-hydrogen) atoms.